The molecule has 0 amide bonds. The van der Waals surface area contributed by atoms with Crippen molar-refractivity contribution in [1.82, 2.24) is 5.32 Å². The minimum absolute atomic E-state index is 0.307. The van der Waals surface area contributed by atoms with Crippen molar-refractivity contribution in [3.63, 3.8) is 0 Å². The van der Waals surface area contributed by atoms with Gasteiger partial charge in [0.1, 0.15) is 0 Å². The Morgan fingerprint density at radius 3 is 2.50 bits per heavy atom. The number of rotatable bonds is 9. The maximum Gasteiger partial charge on any atom is 0.0431 e. The highest BCUT2D eigenvalue weighted by Gasteiger charge is 1.97. The summed E-state index contributed by atoms with van der Waals surface area (Å²) in [7, 11) is 0. The van der Waals surface area contributed by atoms with Crippen LogP contribution in [0.4, 0.5) is 0 Å². The summed E-state index contributed by atoms with van der Waals surface area (Å²) in [6.45, 7) is 6.77. The van der Waals surface area contributed by atoms with Gasteiger partial charge in [0, 0.05) is 18.0 Å². The number of benzene rings is 1. The van der Waals surface area contributed by atoms with Crippen LogP contribution in [0.15, 0.2) is 29.2 Å². The molecule has 0 heterocycles. The third kappa shape index (κ3) is 7.04. The molecule has 0 fully saturated rings. The highest BCUT2D eigenvalue weighted by atomic mass is 32.2. The van der Waals surface area contributed by atoms with E-state index in [4.69, 9.17) is 5.11 Å². The molecule has 0 unspecified atom stereocenters. The summed E-state index contributed by atoms with van der Waals surface area (Å²) in [6, 6.07) is 8.77. The highest BCUT2D eigenvalue weighted by molar-refractivity contribution is 7.99. The largest absolute Gasteiger partial charge is 0.396 e. The second-order valence-corrected chi connectivity index (χ2v) is 6.12. The van der Waals surface area contributed by atoms with Gasteiger partial charge in [0.05, 0.1) is 0 Å². The highest BCUT2D eigenvalue weighted by Crippen LogP contribution is 2.19. The van der Waals surface area contributed by atoms with Crippen LogP contribution in [0.5, 0.6) is 0 Å². The predicted molar refractivity (Wildman–Crippen MR) is 80.0 cm³/mol. The first-order chi connectivity index (χ1) is 8.72. The second-order valence-electron chi connectivity index (χ2n) is 4.95. The normalized spacial score (nSPS) is 11.1. The van der Waals surface area contributed by atoms with Gasteiger partial charge < -0.3 is 10.4 Å². The molecular weight excluding hydrogens is 242 g/mol. The van der Waals surface area contributed by atoms with Gasteiger partial charge in [-0.3, -0.25) is 0 Å². The van der Waals surface area contributed by atoms with Crippen molar-refractivity contribution in [2.45, 2.75) is 38.1 Å². The van der Waals surface area contributed by atoms with Crippen LogP contribution in [0.3, 0.4) is 0 Å². The lowest BCUT2D eigenvalue weighted by Gasteiger charge is -2.08. The molecule has 3 heteroatoms. The zero-order valence-corrected chi connectivity index (χ0v) is 12.3. The van der Waals surface area contributed by atoms with E-state index in [0.29, 0.717) is 12.5 Å². The topological polar surface area (TPSA) is 32.3 Å². The van der Waals surface area contributed by atoms with Crippen LogP contribution in [0.2, 0.25) is 0 Å². The summed E-state index contributed by atoms with van der Waals surface area (Å²) in [4.78, 5) is 1.32. The molecule has 0 saturated heterocycles. The second kappa shape index (κ2) is 9.42. The maximum atomic E-state index is 8.71. The van der Waals surface area contributed by atoms with Crippen molar-refractivity contribution in [3.05, 3.63) is 29.8 Å². The SMILES string of the molecule is CC(C)CNCc1ccc(SCCCCO)cc1. The molecule has 2 nitrogen and oxygen atoms in total. The fourth-order valence-electron chi connectivity index (χ4n) is 1.61. The van der Waals surface area contributed by atoms with Gasteiger partial charge in [0.25, 0.3) is 0 Å². The average molecular weight is 267 g/mol. The molecule has 0 aromatic heterocycles. The molecule has 1 rings (SSSR count). The number of aliphatic hydroxyl groups is 1. The van der Waals surface area contributed by atoms with E-state index in [-0.39, 0.29) is 0 Å². The van der Waals surface area contributed by atoms with Gasteiger partial charge in [-0.2, -0.15) is 0 Å². The molecule has 2 N–H and O–H groups in total. The standard InChI is InChI=1S/C15H25NOS/c1-13(2)11-16-12-14-5-7-15(8-6-14)18-10-4-3-9-17/h5-8,13,16-17H,3-4,9-12H2,1-2H3. The average Bonchev–Trinajstić information content (AvgIpc) is 2.36. The smallest absolute Gasteiger partial charge is 0.0431 e. The summed E-state index contributed by atoms with van der Waals surface area (Å²) in [6.07, 6.45) is 1.99. The van der Waals surface area contributed by atoms with E-state index in [9.17, 15) is 0 Å². The Kier molecular flexibility index (Phi) is 8.14. The zero-order valence-electron chi connectivity index (χ0n) is 11.5. The fourth-order valence-corrected chi connectivity index (χ4v) is 2.53. The Morgan fingerprint density at radius 1 is 1.17 bits per heavy atom. The summed E-state index contributed by atoms with van der Waals surface area (Å²) in [5.41, 5.74) is 1.34. The minimum atomic E-state index is 0.307. The van der Waals surface area contributed by atoms with Crippen molar-refractivity contribution in [2.75, 3.05) is 18.9 Å². The van der Waals surface area contributed by atoms with E-state index < -0.39 is 0 Å². The summed E-state index contributed by atoms with van der Waals surface area (Å²) in [5.74, 6) is 1.79. The van der Waals surface area contributed by atoms with Crippen LogP contribution in [0.1, 0.15) is 32.3 Å². The molecular formula is C15H25NOS. The first-order valence-electron chi connectivity index (χ1n) is 6.75. The molecule has 0 saturated carbocycles. The zero-order chi connectivity index (χ0) is 13.2. The summed E-state index contributed by atoms with van der Waals surface area (Å²) < 4.78 is 0. The molecule has 0 aliphatic rings. The molecule has 0 bridgehead atoms. The van der Waals surface area contributed by atoms with E-state index in [1.165, 1.54) is 10.5 Å². The van der Waals surface area contributed by atoms with Gasteiger partial charge in [-0.05, 0) is 48.8 Å². The first kappa shape index (κ1) is 15.5. The van der Waals surface area contributed by atoms with Crippen LogP contribution >= 0.6 is 11.8 Å². The Balaban J connectivity index is 2.24. The van der Waals surface area contributed by atoms with E-state index in [0.717, 1.165) is 31.7 Å². The molecule has 0 aliphatic heterocycles. The number of hydrogen-bond acceptors (Lipinski definition) is 3. The Labute approximate surface area is 115 Å². The monoisotopic (exact) mass is 267 g/mol. The molecule has 0 aliphatic carbocycles. The Morgan fingerprint density at radius 2 is 1.89 bits per heavy atom. The van der Waals surface area contributed by atoms with Crippen LogP contribution in [0, 0.1) is 5.92 Å². The fraction of sp³-hybridized carbons (Fsp3) is 0.600. The Hall–Kier alpha value is -0.510. The van der Waals surface area contributed by atoms with Crippen molar-refractivity contribution in [2.24, 2.45) is 5.92 Å². The van der Waals surface area contributed by atoms with Crippen molar-refractivity contribution in [3.8, 4) is 0 Å². The number of hydrogen-bond donors (Lipinski definition) is 2. The lowest BCUT2D eigenvalue weighted by Crippen LogP contribution is -2.18. The lowest BCUT2D eigenvalue weighted by molar-refractivity contribution is 0.287. The number of nitrogens with one attached hydrogen (secondary N) is 1. The van der Waals surface area contributed by atoms with Gasteiger partial charge in [-0.1, -0.05) is 26.0 Å². The molecule has 1 aromatic carbocycles. The third-order valence-electron chi connectivity index (χ3n) is 2.63. The third-order valence-corrected chi connectivity index (χ3v) is 3.72. The van der Waals surface area contributed by atoms with Crippen LogP contribution in [0.25, 0.3) is 0 Å². The summed E-state index contributed by atoms with van der Waals surface area (Å²) >= 11 is 1.87. The van der Waals surface area contributed by atoms with Crippen molar-refractivity contribution >= 4 is 11.8 Å². The van der Waals surface area contributed by atoms with Crippen LogP contribution < -0.4 is 5.32 Å². The Bertz CT molecular complexity index is 311. The summed E-state index contributed by atoms with van der Waals surface area (Å²) in [5, 5.41) is 12.2. The van der Waals surface area contributed by atoms with Gasteiger partial charge in [0.2, 0.25) is 0 Å². The van der Waals surface area contributed by atoms with Gasteiger partial charge in [0.15, 0.2) is 0 Å². The van der Waals surface area contributed by atoms with Crippen LogP contribution in [-0.2, 0) is 6.54 Å². The minimum Gasteiger partial charge on any atom is -0.396 e. The van der Waals surface area contributed by atoms with Crippen LogP contribution in [-0.4, -0.2) is 24.0 Å². The molecule has 18 heavy (non-hydrogen) atoms. The molecule has 0 atom stereocenters. The van der Waals surface area contributed by atoms with E-state index >= 15 is 0 Å². The van der Waals surface area contributed by atoms with E-state index in [1.807, 2.05) is 11.8 Å². The van der Waals surface area contributed by atoms with Gasteiger partial charge in [-0.15, -0.1) is 11.8 Å². The van der Waals surface area contributed by atoms with Crippen molar-refractivity contribution in [1.29, 1.82) is 0 Å². The van der Waals surface area contributed by atoms with Gasteiger partial charge in [-0.25, -0.2) is 0 Å². The lowest BCUT2D eigenvalue weighted by atomic mass is 10.2. The number of aliphatic hydroxyl groups excluding tert-OH is 1. The molecule has 0 radical (unpaired) electrons. The quantitative estimate of drug-likeness (QED) is 0.532. The maximum absolute atomic E-state index is 8.71. The first-order valence-corrected chi connectivity index (χ1v) is 7.74. The van der Waals surface area contributed by atoms with E-state index in [1.54, 1.807) is 0 Å². The number of unbranched alkanes of at least 4 members (excludes halogenated alkanes) is 1. The van der Waals surface area contributed by atoms with Gasteiger partial charge >= 0.3 is 0 Å². The molecule has 102 valence electrons. The van der Waals surface area contributed by atoms with E-state index in [2.05, 4.69) is 43.4 Å². The van der Waals surface area contributed by atoms with Crippen molar-refractivity contribution < 1.29 is 5.11 Å². The molecule has 1 aromatic rings. The number of thioether (sulfide) groups is 1. The predicted octanol–water partition coefficient (Wildman–Crippen LogP) is 3.30. The molecule has 0 spiro atoms.